The van der Waals surface area contributed by atoms with Crippen molar-refractivity contribution in [2.24, 2.45) is 5.73 Å². The molecule has 1 aliphatic heterocycles. The average Bonchev–Trinajstić information content (AvgIpc) is 2.12. The number of benzene rings is 1. The maximum Gasteiger partial charge on any atom is 0.253 e. The van der Waals surface area contributed by atoms with Gasteiger partial charge in [-0.15, -0.1) is 0 Å². The molecule has 1 heterocycles. The van der Waals surface area contributed by atoms with Crippen molar-refractivity contribution in [3.63, 3.8) is 0 Å². The Morgan fingerprint density at radius 1 is 1.50 bits per heavy atom. The van der Waals surface area contributed by atoms with E-state index in [-0.39, 0.29) is 11.9 Å². The number of rotatable bonds is 1. The van der Waals surface area contributed by atoms with Crippen LogP contribution in [0, 0.1) is 6.92 Å². The molecule has 1 amide bonds. The molecule has 14 heavy (non-hydrogen) atoms. The maximum absolute atomic E-state index is 11.8. The molecule has 74 valence electrons. The lowest BCUT2D eigenvalue weighted by atomic mass is 10.1. The third-order valence-corrected chi connectivity index (χ3v) is 2.46. The van der Waals surface area contributed by atoms with Gasteiger partial charge in [-0.25, -0.2) is 0 Å². The summed E-state index contributed by atoms with van der Waals surface area (Å²) >= 11 is 0. The van der Waals surface area contributed by atoms with Crippen LogP contribution in [-0.2, 0) is 0 Å². The Bertz CT molecular complexity index is 356. The number of nitrogens with zero attached hydrogens (tertiary/aromatic N) is 1. The van der Waals surface area contributed by atoms with Gasteiger partial charge in [0.05, 0.1) is 0 Å². The van der Waals surface area contributed by atoms with E-state index in [1.807, 2.05) is 31.2 Å². The van der Waals surface area contributed by atoms with Gasteiger partial charge in [0.1, 0.15) is 0 Å². The minimum atomic E-state index is 0.0930. The van der Waals surface area contributed by atoms with Crippen LogP contribution in [-0.4, -0.2) is 29.9 Å². The Balaban J connectivity index is 2.12. The Kier molecular flexibility index (Phi) is 2.25. The SMILES string of the molecule is Cc1cccc(C(=O)N2CC(N)C2)c1. The Hall–Kier alpha value is -1.35. The van der Waals surface area contributed by atoms with Gasteiger partial charge >= 0.3 is 0 Å². The van der Waals surface area contributed by atoms with E-state index in [9.17, 15) is 4.79 Å². The van der Waals surface area contributed by atoms with Crippen molar-refractivity contribution in [3.05, 3.63) is 35.4 Å². The molecule has 0 spiro atoms. The minimum Gasteiger partial charge on any atom is -0.335 e. The molecule has 3 heteroatoms. The van der Waals surface area contributed by atoms with Crippen molar-refractivity contribution < 1.29 is 4.79 Å². The van der Waals surface area contributed by atoms with Crippen LogP contribution in [0.5, 0.6) is 0 Å². The number of likely N-dealkylation sites (tertiary alicyclic amines) is 1. The second-order valence-corrected chi connectivity index (χ2v) is 3.84. The van der Waals surface area contributed by atoms with E-state index in [0.717, 1.165) is 11.1 Å². The summed E-state index contributed by atoms with van der Waals surface area (Å²) in [5.41, 5.74) is 7.49. The molecule has 0 aliphatic carbocycles. The lowest BCUT2D eigenvalue weighted by Crippen LogP contribution is -2.57. The third-order valence-electron chi connectivity index (χ3n) is 2.46. The maximum atomic E-state index is 11.8. The number of amides is 1. The molecule has 0 aromatic heterocycles. The Morgan fingerprint density at radius 2 is 2.21 bits per heavy atom. The number of aryl methyl sites for hydroxylation is 1. The standard InChI is InChI=1S/C11H14N2O/c1-8-3-2-4-9(5-8)11(14)13-6-10(12)7-13/h2-5,10H,6-7,12H2,1H3. The molecule has 0 radical (unpaired) electrons. The van der Waals surface area contributed by atoms with Crippen molar-refractivity contribution in [1.82, 2.24) is 4.90 Å². The van der Waals surface area contributed by atoms with Crippen LogP contribution in [0.15, 0.2) is 24.3 Å². The molecule has 1 aromatic carbocycles. The van der Waals surface area contributed by atoms with E-state index in [2.05, 4.69) is 0 Å². The van der Waals surface area contributed by atoms with E-state index in [0.29, 0.717) is 13.1 Å². The summed E-state index contributed by atoms with van der Waals surface area (Å²) in [7, 11) is 0. The first-order valence-corrected chi connectivity index (χ1v) is 4.78. The summed E-state index contributed by atoms with van der Waals surface area (Å²) in [5, 5.41) is 0. The molecular formula is C11H14N2O. The largest absolute Gasteiger partial charge is 0.335 e. The van der Waals surface area contributed by atoms with Gasteiger partial charge in [0.2, 0.25) is 0 Å². The fraction of sp³-hybridized carbons (Fsp3) is 0.364. The lowest BCUT2D eigenvalue weighted by molar-refractivity contribution is 0.0608. The van der Waals surface area contributed by atoms with Crippen LogP contribution < -0.4 is 5.73 Å². The zero-order valence-corrected chi connectivity index (χ0v) is 8.23. The molecule has 1 aromatic rings. The van der Waals surface area contributed by atoms with Crippen LogP contribution in [0.2, 0.25) is 0 Å². The summed E-state index contributed by atoms with van der Waals surface area (Å²) in [6.45, 7) is 3.36. The van der Waals surface area contributed by atoms with Crippen LogP contribution >= 0.6 is 0 Å². The fourth-order valence-electron chi connectivity index (χ4n) is 1.64. The Labute approximate surface area is 83.5 Å². The summed E-state index contributed by atoms with van der Waals surface area (Å²) < 4.78 is 0. The highest BCUT2D eigenvalue weighted by atomic mass is 16.2. The monoisotopic (exact) mass is 190 g/mol. The van der Waals surface area contributed by atoms with Gasteiger partial charge in [-0.1, -0.05) is 17.7 Å². The number of hydrogen-bond donors (Lipinski definition) is 1. The molecule has 0 bridgehead atoms. The molecule has 0 saturated carbocycles. The van der Waals surface area contributed by atoms with E-state index < -0.39 is 0 Å². The topological polar surface area (TPSA) is 46.3 Å². The van der Waals surface area contributed by atoms with Gasteiger partial charge in [0.15, 0.2) is 0 Å². The smallest absolute Gasteiger partial charge is 0.253 e. The van der Waals surface area contributed by atoms with Gasteiger partial charge in [0.25, 0.3) is 5.91 Å². The zero-order chi connectivity index (χ0) is 10.1. The summed E-state index contributed by atoms with van der Waals surface area (Å²) in [6.07, 6.45) is 0. The number of hydrogen-bond acceptors (Lipinski definition) is 2. The molecule has 2 N–H and O–H groups in total. The van der Waals surface area contributed by atoms with E-state index in [1.54, 1.807) is 4.90 Å². The number of carbonyl (C=O) groups excluding carboxylic acids is 1. The molecule has 2 rings (SSSR count). The molecule has 1 fully saturated rings. The first-order valence-electron chi connectivity index (χ1n) is 4.78. The van der Waals surface area contributed by atoms with Crippen LogP contribution in [0.4, 0.5) is 0 Å². The molecule has 1 aliphatic rings. The molecule has 0 unspecified atom stereocenters. The van der Waals surface area contributed by atoms with Gasteiger partial charge < -0.3 is 10.6 Å². The first kappa shape index (κ1) is 9.21. The van der Waals surface area contributed by atoms with E-state index >= 15 is 0 Å². The molecule has 0 atom stereocenters. The minimum absolute atomic E-state index is 0.0930. The number of nitrogens with two attached hydrogens (primary N) is 1. The summed E-state index contributed by atoms with van der Waals surface area (Å²) in [6, 6.07) is 7.82. The van der Waals surface area contributed by atoms with Crippen LogP contribution in [0.3, 0.4) is 0 Å². The quantitative estimate of drug-likeness (QED) is 0.711. The number of carbonyl (C=O) groups is 1. The fourth-order valence-corrected chi connectivity index (χ4v) is 1.64. The van der Waals surface area contributed by atoms with Crippen molar-refractivity contribution in [2.75, 3.05) is 13.1 Å². The van der Waals surface area contributed by atoms with Gasteiger partial charge in [-0.2, -0.15) is 0 Å². The van der Waals surface area contributed by atoms with Crippen LogP contribution in [0.1, 0.15) is 15.9 Å². The van der Waals surface area contributed by atoms with Crippen molar-refractivity contribution in [1.29, 1.82) is 0 Å². The van der Waals surface area contributed by atoms with Gasteiger partial charge in [-0.05, 0) is 19.1 Å². The lowest BCUT2D eigenvalue weighted by Gasteiger charge is -2.36. The predicted octanol–water partition coefficient (Wildman–Crippen LogP) is 0.778. The second-order valence-electron chi connectivity index (χ2n) is 3.84. The van der Waals surface area contributed by atoms with Gasteiger partial charge in [0, 0.05) is 24.7 Å². The highest BCUT2D eigenvalue weighted by Gasteiger charge is 2.28. The van der Waals surface area contributed by atoms with Crippen molar-refractivity contribution in [2.45, 2.75) is 13.0 Å². The van der Waals surface area contributed by atoms with Crippen molar-refractivity contribution >= 4 is 5.91 Å². The molecule has 1 saturated heterocycles. The highest BCUT2D eigenvalue weighted by Crippen LogP contribution is 2.12. The summed E-state index contributed by atoms with van der Waals surface area (Å²) in [4.78, 5) is 13.6. The Morgan fingerprint density at radius 3 is 2.79 bits per heavy atom. The predicted molar refractivity (Wildman–Crippen MR) is 55.1 cm³/mol. The van der Waals surface area contributed by atoms with Crippen LogP contribution in [0.25, 0.3) is 0 Å². The average molecular weight is 190 g/mol. The van der Waals surface area contributed by atoms with Crippen molar-refractivity contribution in [3.8, 4) is 0 Å². The zero-order valence-electron chi connectivity index (χ0n) is 8.23. The van der Waals surface area contributed by atoms with E-state index in [4.69, 9.17) is 5.73 Å². The third kappa shape index (κ3) is 1.63. The van der Waals surface area contributed by atoms with Gasteiger partial charge in [-0.3, -0.25) is 4.79 Å². The summed E-state index contributed by atoms with van der Waals surface area (Å²) in [5.74, 6) is 0.0930. The molecular weight excluding hydrogens is 176 g/mol. The second kappa shape index (κ2) is 3.42. The highest BCUT2D eigenvalue weighted by molar-refractivity contribution is 5.95. The first-order chi connectivity index (χ1) is 6.66. The normalized spacial score (nSPS) is 16.6. The van der Waals surface area contributed by atoms with E-state index in [1.165, 1.54) is 0 Å². The molecule has 3 nitrogen and oxygen atoms in total.